The second-order valence-corrected chi connectivity index (χ2v) is 5.68. The molecule has 0 bridgehead atoms. The minimum absolute atomic E-state index is 0.144. The first-order valence-corrected chi connectivity index (χ1v) is 6.30. The summed E-state index contributed by atoms with van der Waals surface area (Å²) in [5.74, 6) is 0.669. The van der Waals surface area contributed by atoms with Crippen molar-refractivity contribution < 1.29 is 4.74 Å². The zero-order valence-electron chi connectivity index (χ0n) is 9.96. The number of hydrogen-bond donors (Lipinski definition) is 1. The quantitative estimate of drug-likeness (QED) is 0.853. The van der Waals surface area contributed by atoms with Crippen LogP contribution in [0, 0.1) is 5.41 Å². The van der Waals surface area contributed by atoms with Gasteiger partial charge in [0.25, 0.3) is 0 Å². The first kappa shape index (κ1) is 12.3. The number of benzene rings is 1. The molecule has 17 heavy (non-hydrogen) atoms. The fraction of sp³-hybridized carbons (Fsp3) is 0.385. The SMILES string of the molecule is CC1(C)COC(CC(=N)c2ccc(Br)cc2)=N1. The van der Waals surface area contributed by atoms with Crippen molar-refractivity contribution in [2.45, 2.75) is 25.8 Å². The summed E-state index contributed by atoms with van der Waals surface area (Å²) >= 11 is 3.38. The van der Waals surface area contributed by atoms with Gasteiger partial charge in [-0.2, -0.15) is 0 Å². The van der Waals surface area contributed by atoms with E-state index in [4.69, 9.17) is 10.1 Å². The summed E-state index contributed by atoms with van der Waals surface area (Å²) in [5.41, 5.74) is 1.30. The van der Waals surface area contributed by atoms with Crippen LogP contribution in [-0.2, 0) is 4.74 Å². The Kier molecular flexibility index (Phi) is 3.33. The van der Waals surface area contributed by atoms with E-state index in [1.807, 2.05) is 38.1 Å². The Bertz CT molecular complexity index is 463. The Morgan fingerprint density at radius 2 is 2.06 bits per heavy atom. The van der Waals surface area contributed by atoms with E-state index in [0.717, 1.165) is 10.0 Å². The van der Waals surface area contributed by atoms with E-state index in [0.29, 0.717) is 24.6 Å². The van der Waals surface area contributed by atoms with Gasteiger partial charge in [0, 0.05) is 10.2 Å². The predicted molar refractivity (Wildman–Crippen MR) is 73.1 cm³/mol. The summed E-state index contributed by atoms with van der Waals surface area (Å²) in [6.07, 6.45) is 0.463. The molecule has 0 amide bonds. The third-order valence-electron chi connectivity index (χ3n) is 2.54. The molecule has 1 heterocycles. The van der Waals surface area contributed by atoms with Crippen LogP contribution < -0.4 is 0 Å². The molecule has 90 valence electrons. The highest BCUT2D eigenvalue weighted by atomic mass is 79.9. The van der Waals surface area contributed by atoms with E-state index in [1.165, 1.54) is 0 Å². The molecule has 0 unspecified atom stereocenters. The molecule has 4 heteroatoms. The van der Waals surface area contributed by atoms with Crippen LogP contribution in [0.2, 0.25) is 0 Å². The van der Waals surface area contributed by atoms with Crippen LogP contribution in [0.3, 0.4) is 0 Å². The van der Waals surface area contributed by atoms with Gasteiger partial charge in [0.2, 0.25) is 0 Å². The molecular formula is C13H15BrN2O. The van der Waals surface area contributed by atoms with Gasteiger partial charge in [-0.15, -0.1) is 0 Å². The lowest BCUT2D eigenvalue weighted by Crippen LogP contribution is -2.17. The first-order chi connectivity index (χ1) is 7.96. The standard InChI is InChI=1S/C13H15BrN2O/c1-13(2)8-17-12(16-13)7-11(15)9-3-5-10(14)6-4-9/h3-6,15H,7-8H2,1-2H3. The summed E-state index contributed by atoms with van der Waals surface area (Å²) < 4.78 is 6.50. The lowest BCUT2D eigenvalue weighted by atomic mass is 10.1. The summed E-state index contributed by atoms with van der Waals surface area (Å²) in [5, 5.41) is 8.02. The molecule has 0 spiro atoms. The molecule has 1 aliphatic rings. The Hall–Kier alpha value is -1.16. The minimum atomic E-state index is -0.144. The largest absolute Gasteiger partial charge is 0.478 e. The van der Waals surface area contributed by atoms with Gasteiger partial charge in [-0.25, -0.2) is 4.99 Å². The van der Waals surface area contributed by atoms with E-state index < -0.39 is 0 Å². The molecule has 1 aromatic rings. The predicted octanol–water partition coefficient (Wildman–Crippen LogP) is 3.41. The van der Waals surface area contributed by atoms with Gasteiger partial charge in [-0.05, 0) is 31.5 Å². The average molecular weight is 295 g/mol. The maximum absolute atomic E-state index is 8.02. The molecule has 0 atom stereocenters. The van der Waals surface area contributed by atoms with E-state index in [-0.39, 0.29) is 5.54 Å². The maximum atomic E-state index is 8.02. The zero-order chi connectivity index (χ0) is 12.5. The molecule has 1 N–H and O–H groups in total. The van der Waals surface area contributed by atoms with Crippen molar-refractivity contribution in [1.82, 2.24) is 0 Å². The molecule has 2 rings (SSSR count). The highest BCUT2D eigenvalue weighted by molar-refractivity contribution is 9.10. The number of nitrogens with one attached hydrogen (secondary N) is 1. The molecule has 1 aliphatic heterocycles. The smallest absolute Gasteiger partial charge is 0.190 e. The van der Waals surface area contributed by atoms with Crippen molar-refractivity contribution in [3.8, 4) is 0 Å². The highest BCUT2D eigenvalue weighted by Gasteiger charge is 2.26. The minimum Gasteiger partial charge on any atom is -0.478 e. The van der Waals surface area contributed by atoms with Gasteiger partial charge < -0.3 is 10.1 Å². The lowest BCUT2D eigenvalue weighted by Gasteiger charge is -2.07. The third kappa shape index (κ3) is 3.16. The van der Waals surface area contributed by atoms with Gasteiger partial charge in [0.15, 0.2) is 5.90 Å². The lowest BCUT2D eigenvalue weighted by molar-refractivity contribution is 0.276. The molecule has 0 radical (unpaired) electrons. The molecule has 3 nitrogen and oxygen atoms in total. The second-order valence-electron chi connectivity index (χ2n) is 4.77. The topological polar surface area (TPSA) is 45.4 Å². The molecule has 0 aromatic heterocycles. The second kappa shape index (κ2) is 4.61. The van der Waals surface area contributed by atoms with Crippen LogP contribution in [-0.4, -0.2) is 23.8 Å². The zero-order valence-corrected chi connectivity index (χ0v) is 11.5. The molecule has 1 aromatic carbocycles. The number of ether oxygens (including phenoxy) is 1. The van der Waals surface area contributed by atoms with Crippen LogP contribution in [0.5, 0.6) is 0 Å². The van der Waals surface area contributed by atoms with Gasteiger partial charge >= 0.3 is 0 Å². The molecule has 0 fully saturated rings. The average Bonchev–Trinajstić information content (AvgIpc) is 2.59. The van der Waals surface area contributed by atoms with E-state index in [2.05, 4.69) is 20.9 Å². The number of rotatable bonds is 3. The normalized spacial score (nSPS) is 17.5. The Labute approximate surface area is 110 Å². The van der Waals surface area contributed by atoms with Gasteiger partial charge in [0.1, 0.15) is 6.61 Å². The highest BCUT2D eigenvalue weighted by Crippen LogP contribution is 2.19. The van der Waals surface area contributed by atoms with Crippen LogP contribution in [0.25, 0.3) is 0 Å². The molecular weight excluding hydrogens is 280 g/mol. The number of nitrogens with zero attached hydrogens (tertiary/aromatic N) is 1. The number of aliphatic imine (C=N–C) groups is 1. The van der Waals surface area contributed by atoms with Crippen molar-refractivity contribution in [1.29, 1.82) is 5.41 Å². The third-order valence-corrected chi connectivity index (χ3v) is 3.07. The molecule has 0 saturated heterocycles. The van der Waals surface area contributed by atoms with E-state index >= 15 is 0 Å². The maximum Gasteiger partial charge on any atom is 0.190 e. The van der Waals surface area contributed by atoms with Crippen LogP contribution in [0.1, 0.15) is 25.8 Å². The fourth-order valence-corrected chi connectivity index (χ4v) is 1.92. The van der Waals surface area contributed by atoms with Gasteiger partial charge in [0.05, 0.1) is 12.0 Å². The van der Waals surface area contributed by atoms with Crippen molar-refractivity contribution >= 4 is 27.5 Å². The van der Waals surface area contributed by atoms with Gasteiger partial charge in [-0.1, -0.05) is 28.1 Å². The molecule has 0 saturated carbocycles. The molecule has 0 aliphatic carbocycles. The fourth-order valence-electron chi connectivity index (χ4n) is 1.66. The van der Waals surface area contributed by atoms with E-state index in [1.54, 1.807) is 0 Å². The Morgan fingerprint density at radius 1 is 1.41 bits per heavy atom. The van der Waals surface area contributed by atoms with Crippen molar-refractivity contribution in [3.05, 3.63) is 34.3 Å². The summed E-state index contributed by atoms with van der Waals surface area (Å²) in [7, 11) is 0. The van der Waals surface area contributed by atoms with Crippen molar-refractivity contribution in [2.24, 2.45) is 4.99 Å². The van der Waals surface area contributed by atoms with Crippen molar-refractivity contribution in [2.75, 3.05) is 6.61 Å². The first-order valence-electron chi connectivity index (χ1n) is 5.51. The van der Waals surface area contributed by atoms with Crippen LogP contribution >= 0.6 is 15.9 Å². The Balaban J connectivity index is 2.05. The number of halogens is 1. The Morgan fingerprint density at radius 3 is 2.59 bits per heavy atom. The monoisotopic (exact) mass is 294 g/mol. The summed E-state index contributed by atoms with van der Waals surface area (Å²) in [6.45, 7) is 4.67. The summed E-state index contributed by atoms with van der Waals surface area (Å²) in [4.78, 5) is 4.45. The van der Waals surface area contributed by atoms with Crippen molar-refractivity contribution in [3.63, 3.8) is 0 Å². The number of hydrogen-bond acceptors (Lipinski definition) is 3. The van der Waals surface area contributed by atoms with Crippen LogP contribution in [0.15, 0.2) is 33.7 Å². The van der Waals surface area contributed by atoms with Gasteiger partial charge in [-0.3, -0.25) is 0 Å². The van der Waals surface area contributed by atoms with E-state index in [9.17, 15) is 0 Å². The summed E-state index contributed by atoms with van der Waals surface area (Å²) in [6, 6.07) is 7.72. The van der Waals surface area contributed by atoms with Crippen LogP contribution in [0.4, 0.5) is 0 Å².